The van der Waals surface area contributed by atoms with Crippen molar-refractivity contribution in [2.75, 3.05) is 4.90 Å². The lowest BCUT2D eigenvalue weighted by Crippen LogP contribution is -2.29. The van der Waals surface area contributed by atoms with E-state index in [1.807, 2.05) is 60.7 Å². The molecule has 1 amide bonds. The van der Waals surface area contributed by atoms with E-state index in [1.165, 1.54) is 4.90 Å². The first-order valence-corrected chi connectivity index (χ1v) is 9.83. The van der Waals surface area contributed by atoms with Gasteiger partial charge in [-0.15, -0.1) is 0 Å². The molecule has 0 aromatic heterocycles. The zero-order valence-corrected chi connectivity index (χ0v) is 16.9. The fourth-order valence-corrected chi connectivity index (χ4v) is 3.76. The summed E-state index contributed by atoms with van der Waals surface area (Å²) in [4.78, 5) is 27.4. The Bertz CT molecular complexity index is 1060. The molecule has 0 aliphatic carbocycles. The number of anilines is 1. The molecule has 1 aliphatic heterocycles. The van der Waals surface area contributed by atoms with Crippen molar-refractivity contribution in [3.63, 3.8) is 0 Å². The van der Waals surface area contributed by atoms with Gasteiger partial charge in [-0.25, -0.2) is 0 Å². The lowest BCUT2D eigenvalue weighted by molar-refractivity contribution is -0.132. The minimum Gasteiger partial charge on any atom is -0.507 e. The van der Waals surface area contributed by atoms with Gasteiger partial charge >= 0.3 is 0 Å². The van der Waals surface area contributed by atoms with Crippen LogP contribution in [0.5, 0.6) is 0 Å². The fraction of sp³-hybridized carbons (Fsp3) is 0.0435. The molecule has 1 unspecified atom stereocenters. The molecule has 138 valence electrons. The van der Waals surface area contributed by atoms with Gasteiger partial charge in [-0.1, -0.05) is 60.7 Å². The quantitative estimate of drug-likeness (QED) is 0.250. The van der Waals surface area contributed by atoms with E-state index in [0.717, 1.165) is 9.13 Å². The predicted molar refractivity (Wildman–Crippen MR) is 117 cm³/mol. The van der Waals surface area contributed by atoms with E-state index < -0.39 is 17.7 Å². The molecule has 5 heteroatoms. The number of nitrogens with zero attached hydrogens (tertiary/aromatic N) is 1. The fourth-order valence-electron chi connectivity index (χ4n) is 3.40. The summed E-state index contributed by atoms with van der Waals surface area (Å²) >= 11 is 2.19. The summed E-state index contributed by atoms with van der Waals surface area (Å²) in [6, 6.07) is 24.8. The number of benzene rings is 3. The Morgan fingerprint density at radius 3 is 2.00 bits per heavy atom. The molecule has 0 saturated carbocycles. The summed E-state index contributed by atoms with van der Waals surface area (Å²) in [5.74, 6) is -1.50. The molecular formula is C23H16INO3. The van der Waals surface area contributed by atoms with E-state index in [1.54, 1.807) is 24.3 Å². The Morgan fingerprint density at radius 1 is 0.821 bits per heavy atom. The average molecular weight is 481 g/mol. The first-order valence-electron chi connectivity index (χ1n) is 8.75. The summed E-state index contributed by atoms with van der Waals surface area (Å²) in [5.41, 5.74) is 1.98. The molecule has 1 atom stereocenters. The largest absolute Gasteiger partial charge is 0.507 e. The lowest BCUT2D eigenvalue weighted by Gasteiger charge is -2.25. The van der Waals surface area contributed by atoms with Crippen LogP contribution in [0.4, 0.5) is 5.69 Å². The Morgan fingerprint density at radius 2 is 1.39 bits per heavy atom. The molecule has 0 bridgehead atoms. The first-order chi connectivity index (χ1) is 13.6. The van der Waals surface area contributed by atoms with E-state index in [0.29, 0.717) is 11.3 Å². The van der Waals surface area contributed by atoms with Crippen molar-refractivity contribution in [2.24, 2.45) is 0 Å². The second kappa shape index (κ2) is 7.59. The molecular weight excluding hydrogens is 465 g/mol. The maximum Gasteiger partial charge on any atom is 0.300 e. The molecule has 3 aromatic rings. The molecule has 0 spiro atoms. The van der Waals surface area contributed by atoms with Crippen molar-refractivity contribution in [1.29, 1.82) is 0 Å². The van der Waals surface area contributed by atoms with Crippen LogP contribution in [0.15, 0.2) is 90.5 Å². The van der Waals surface area contributed by atoms with Gasteiger partial charge in [-0.05, 0) is 52.4 Å². The van der Waals surface area contributed by atoms with Gasteiger partial charge in [0.15, 0.2) is 0 Å². The smallest absolute Gasteiger partial charge is 0.300 e. The average Bonchev–Trinajstić information content (AvgIpc) is 3.00. The number of hydrogen-bond donors (Lipinski definition) is 1. The first kappa shape index (κ1) is 18.4. The summed E-state index contributed by atoms with van der Waals surface area (Å²) < 4.78 is 1.03. The normalized spacial score (nSPS) is 18.5. The summed E-state index contributed by atoms with van der Waals surface area (Å²) in [5, 5.41) is 10.9. The highest BCUT2D eigenvalue weighted by molar-refractivity contribution is 14.1. The molecule has 1 N–H and O–H groups in total. The minimum absolute atomic E-state index is 0.0981. The van der Waals surface area contributed by atoms with E-state index in [4.69, 9.17) is 0 Å². The van der Waals surface area contributed by atoms with Crippen LogP contribution in [-0.4, -0.2) is 16.8 Å². The SMILES string of the molecule is O=C1C(=O)N(c2ccc(I)cc2)C(c2ccccc2)/C1=C(\O)c1ccccc1. The van der Waals surface area contributed by atoms with Gasteiger partial charge in [0.1, 0.15) is 5.76 Å². The van der Waals surface area contributed by atoms with Crippen LogP contribution in [-0.2, 0) is 9.59 Å². The second-order valence-corrected chi connectivity index (χ2v) is 7.67. The topological polar surface area (TPSA) is 57.6 Å². The number of aliphatic hydroxyl groups excluding tert-OH is 1. The maximum absolute atomic E-state index is 12.9. The Hall–Kier alpha value is -2.93. The molecule has 1 heterocycles. The highest BCUT2D eigenvalue weighted by Crippen LogP contribution is 2.42. The van der Waals surface area contributed by atoms with Gasteiger partial charge in [0.2, 0.25) is 0 Å². The van der Waals surface area contributed by atoms with Gasteiger partial charge in [0.25, 0.3) is 11.7 Å². The lowest BCUT2D eigenvalue weighted by atomic mass is 9.95. The minimum atomic E-state index is -0.693. The number of hydrogen-bond acceptors (Lipinski definition) is 3. The molecule has 4 nitrogen and oxygen atoms in total. The maximum atomic E-state index is 12.9. The van der Waals surface area contributed by atoms with Crippen molar-refractivity contribution in [1.82, 2.24) is 0 Å². The van der Waals surface area contributed by atoms with Crippen LogP contribution < -0.4 is 4.90 Å². The van der Waals surface area contributed by atoms with Crippen LogP contribution in [0, 0.1) is 3.57 Å². The molecule has 1 saturated heterocycles. The van der Waals surface area contributed by atoms with Crippen LogP contribution in [0.1, 0.15) is 17.2 Å². The monoisotopic (exact) mass is 481 g/mol. The molecule has 1 fully saturated rings. The van der Waals surface area contributed by atoms with E-state index >= 15 is 0 Å². The predicted octanol–water partition coefficient (Wildman–Crippen LogP) is 4.92. The second-order valence-electron chi connectivity index (χ2n) is 6.42. The van der Waals surface area contributed by atoms with Gasteiger partial charge in [0.05, 0.1) is 11.6 Å². The third-order valence-corrected chi connectivity index (χ3v) is 5.43. The summed E-state index contributed by atoms with van der Waals surface area (Å²) in [6.07, 6.45) is 0. The zero-order valence-electron chi connectivity index (χ0n) is 14.7. The standard InChI is InChI=1S/C23H16INO3/c24-17-11-13-18(14-12-17)25-20(15-7-3-1-4-8-15)19(22(27)23(25)28)21(26)16-9-5-2-6-10-16/h1-14,20,26H/b21-19+. The van der Waals surface area contributed by atoms with Crippen LogP contribution in [0.2, 0.25) is 0 Å². The Labute approximate surface area is 176 Å². The van der Waals surface area contributed by atoms with E-state index in [-0.39, 0.29) is 11.3 Å². The van der Waals surface area contributed by atoms with Crippen molar-refractivity contribution < 1.29 is 14.7 Å². The van der Waals surface area contributed by atoms with Crippen molar-refractivity contribution in [3.05, 3.63) is 105 Å². The molecule has 0 radical (unpaired) electrons. The number of ketones is 1. The van der Waals surface area contributed by atoms with Crippen molar-refractivity contribution in [3.8, 4) is 0 Å². The number of carbonyl (C=O) groups excluding carboxylic acids is 2. The highest BCUT2D eigenvalue weighted by atomic mass is 127. The summed E-state index contributed by atoms with van der Waals surface area (Å²) in [7, 11) is 0. The van der Waals surface area contributed by atoms with Crippen molar-refractivity contribution >= 4 is 45.7 Å². The molecule has 28 heavy (non-hydrogen) atoms. The molecule has 1 aliphatic rings. The molecule has 4 rings (SSSR count). The Balaban J connectivity index is 1.94. The number of aliphatic hydroxyl groups is 1. The van der Waals surface area contributed by atoms with Gasteiger partial charge < -0.3 is 5.11 Å². The molecule has 3 aromatic carbocycles. The van der Waals surface area contributed by atoms with Gasteiger partial charge in [0, 0.05) is 14.8 Å². The number of rotatable bonds is 3. The number of carbonyl (C=O) groups is 2. The number of halogens is 1. The summed E-state index contributed by atoms with van der Waals surface area (Å²) in [6.45, 7) is 0. The number of Topliss-reactive ketones (excluding diaryl/α,β-unsaturated/α-hetero) is 1. The third-order valence-electron chi connectivity index (χ3n) is 4.71. The highest BCUT2D eigenvalue weighted by Gasteiger charge is 2.46. The van der Waals surface area contributed by atoms with Crippen LogP contribution >= 0.6 is 22.6 Å². The van der Waals surface area contributed by atoms with E-state index in [9.17, 15) is 14.7 Å². The van der Waals surface area contributed by atoms with E-state index in [2.05, 4.69) is 22.6 Å². The zero-order chi connectivity index (χ0) is 19.7. The van der Waals surface area contributed by atoms with Crippen LogP contribution in [0.25, 0.3) is 5.76 Å². The van der Waals surface area contributed by atoms with Crippen molar-refractivity contribution in [2.45, 2.75) is 6.04 Å². The Kier molecular flexibility index (Phi) is 5.00. The third kappa shape index (κ3) is 3.22. The number of amides is 1. The van der Waals surface area contributed by atoms with Gasteiger partial charge in [-0.2, -0.15) is 0 Å². The van der Waals surface area contributed by atoms with Gasteiger partial charge in [-0.3, -0.25) is 14.5 Å². The van der Waals surface area contributed by atoms with Crippen LogP contribution in [0.3, 0.4) is 0 Å².